The highest BCUT2D eigenvalue weighted by Crippen LogP contribution is 2.19. The van der Waals surface area contributed by atoms with Crippen molar-refractivity contribution < 1.29 is 0 Å². The molecule has 0 amide bonds. The Kier molecular flexibility index (Phi) is 14.4. The van der Waals surface area contributed by atoms with E-state index in [-0.39, 0.29) is 0 Å². The van der Waals surface area contributed by atoms with Crippen LogP contribution in [0.3, 0.4) is 0 Å². The Balaban J connectivity index is 3.28. The van der Waals surface area contributed by atoms with Gasteiger partial charge in [0.05, 0.1) is 0 Å². The lowest BCUT2D eigenvalue weighted by atomic mass is 10.4. The normalized spacial score (nSPS) is 13.1. The molecule has 0 aliphatic rings. The Morgan fingerprint density at radius 3 is 2.29 bits per heavy atom. The van der Waals surface area contributed by atoms with Crippen LogP contribution in [0.4, 0.5) is 0 Å². The van der Waals surface area contributed by atoms with Crippen molar-refractivity contribution >= 4 is 61.4 Å². The van der Waals surface area contributed by atoms with Gasteiger partial charge in [-0.15, -0.1) is 0 Å². The molecule has 0 aromatic rings. The van der Waals surface area contributed by atoms with Crippen LogP contribution >= 0.6 is 61.4 Å². The lowest BCUT2D eigenvalue weighted by molar-refractivity contribution is 0.906. The molecular weight excluding hydrogens is 268 g/mol. The van der Waals surface area contributed by atoms with E-state index in [1.54, 1.807) is 0 Å². The molecule has 0 aliphatic carbocycles. The predicted octanol–water partition coefficient (Wildman–Crippen LogP) is 3.39. The summed E-state index contributed by atoms with van der Waals surface area (Å²) in [6.45, 7) is 0. The highest BCUT2D eigenvalue weighted by atomic mass is 32.2. The maximum absolute atomic E-state index is 4.37. The van der Waals surface area contributed by atoms with Crippen LogP contribution in [0.1, 0.15) is 12.8 Å². The Hall–Kier alpha value is 1.75. The summed E-state index contributed by atoms with van der Waals surface area (Å²) in [6.07, 6.45) is 2.52. The highest BCUT2D eigenvalue weighted by Gasteiger charge is 2.06. The van der Waals surface area contributed by atoms with Gasteiger partial charge in [0.1, 0.15) is 0 Å². The molecule has 0 bridgehead atoms. The standard InChI is InChI=1S/C9H20S5/c10-3-1-2-5-14-9(7-12)8-13-6-4-11/h9-12H,1-8H2. The van der Waals surface area contributed by atoms with E-state index in [0.29, 0.717) is 5.25 Å². The van der Waals surface area contributed by atoms with Crippen LogP contribution in [0.2, 0.25) is 0 Å². The zero-order valence-corrected chi connectivity index (χ0v) is 12.7. The van der Waals surface area contributed by atoms with Crippen molar-refractivity contribution in [1.29, 1.82) is 0 Å². The fraction of sp³-hybridized carbons (Fsp3) is 1.00. The van der Waals surface area contributed by atoms with Crippen molar-refractivity contribution in [3.05, 3.63) is 0 Å². The molecule has 1 atom stereocenters. The van der Waals surface area contributed by atoms with Gasteiger partial charge in [0.25, 0.3) is 0 Å². The number of thiol groups is 3. The molecule has 0 nitrogen and oxygen atoms in total. The summed E-state index contributed by atoms with van der Waals surface area (Å²) in [6, 6.07) is 0. The summed E-state index contributed by atoms with van der Waals surface area (Å²) in [7, 11) is 0. The van der Waals surface area contributed by atoms with E-state index in [0.717, 1.165) is 23.0 Å². The Labute approximate surface area is 113 Å². The van der Waals surface area contributed by atoms with Crippen molar-refractivity contribution in [2.45, 2.75) is 18.1 Å². The molecule has 86 valence electrons. The first kappa shape index (κ1) is 15.8. The van der Waals surface area contributed by atoms with Crippen molar-refractivity contribution in [3.8, 4) is 0 Å². The molecule has 0 rings (SSSR count). The van der Waals surface area contributed by atoms with Crippen molar-refractivity contribution in [1.82, 2.24) is 0 Å². The minimum Gasteiger partial charge on any atom is -0.179 e. The van der Waals surface area contributed by atoms with Gasteiger partial charge < -0.3 is 0 Å². The average Bonchev–Trinajstić information content (AvgIpc) is 2.22. The molecule has 1 unspecified atom stereocenters. The van der Waals surface area contributed by atoms with Crippen molar-refractivity contribution in [2.24, 2.45) is 0 Å². The number of unbranched alkanes of at least 4 members (excludes halogenated alkanes) is 1. The highest BCUT2D eigenvalue weighted by molar-refractivity contribution is 8.04. The molecule has 0 aliphatic heterocycles. The van der Waals surface area contributed by atoms with E-state index in [2.05, 4.69) is 49.6 Å². The minimum absolute atomic E-state index is 0.711. The second kappa shape index (κ2) is 12.8. The second-order valence-corrected chi connectivity index (χ2v) is 6.72. The molecule has 0 saturated heterocycles. The molecular formula is C9H20S5. The second-order valence-electron chi connectivity index (χ2n) is 2.90. The quantitative estimate of drug-likeness (QED) is 0.416. The van der Waals surface area contributed by atoms with Crippen molar-refractivity contribution in [3.63, 3.8) is 0 Å². The Bertz CT molecular complexity index is 109. The van der Waals surface area contributed by atoms with E-state index in [1.165, 1.54) is 24.3 Å². The van der Waals surface area contributed by atoms with Crippen LogP contribution in [-0.2, 0) is 0 Å². The third-order valence-corrected chi connectivity index (χ3v) is 5.85. The van der Waals surface area contributed by atoms with E-state index in [4.69, 9.17) is 0 Å². The summed E-state index contributed by atoms with van der Waals surface area (Å²) in [4.78, 5) is 0. The first-order valence-electron chi connectivity index (χ1n) is 4.87. The van der Waals surface area contributed by atoms with Gasteiger partial charge in [-0.05, 0) is 30.1 Å². The third-order valence-electron chi connectivity index (χ3n) is 1.65. The monoisotopic (exact) mass is 288 g/mol. The lowest BCUT2D eigenvalue weighted by Crippen LogP contribution is -2.10. The molecule has 0 saturated carbocycles. The van der Waals surface area contributed by atoms with Crippen LogP contribution in [0.5, 0.6) is 0 Å². The third kappa shape index (κ3) is 10.3. The zero-order chi connectivity index (χ0) is 10.6. The summed E-state index contributed by atoms with van der Waals surface area (Å²) in [5, 5.41) is 0.711. The van der Waals surface area contributed by atoms with E-state index in [9.17, 15) is 0 Å². The molecule has 14 heavy (non-hydrogen) atoms. The smallest absolute Gasteiger partial charge is 0.0226 e. The largest absolute Gasteiger partial charge is 0.179 e. The minimum atomic E-state index is 0.711. The molecule has 0 aromatic heterocycles. The molecule has 0 radical (unpaired) electrons. The molecule has 0 aromatic carbocycles. The van der Waals surface area contributed by atoms with Gasteiger partial charge in [0, 0.05) is 22.5 Å². The summed E-state index contributed by atoms with van der Waals surface area (Å²) < 4.78 is 0. The zero-order valence-electron chi connectivity index (χ0n) is 8.39. The van der Waals surface area contributed by atoms with Crippen LogP contribution in [0.15, 0.2) is 0 Å². The fourth-order valence-electron chi connectivity index (χ4n) is 0.897. The first-order chi connectivity index (χ1) is 6.85. The van der Waals surface area contributed by atoms with Gasteiger partial charge in [-0.25, -0.2) is 0 Å². The average molecular weight is 289 g/mol. The van der Waals surface area contributed by atoms with E-state index < -0.39 is 0 Å². The predicted molar refractivity (Wildman–Crippen MR) is 84.4 cm³/mol. The van der Waals surface area contributed by atoms with Crippen LogP contribution in [0.25, 0.3) is 0 Å². The molecule has 0 N–H and O–H groups in total. The molecule has 0 fully saturated rings. The number of thioether (sulfide) groups is 2. The summed E-state index contributed by atoms with van der Waals surface area (Å²) in [5.74, 6) is 6.62. The maximum atomic E-state index is 4.37. The van der Waals surface area contributed by atoms with E-state index in [1.807, 2.05) is 11.8 Å². The van der Waals surface area contributed by atoms with Gasteiger partial charge in [-0.3, -0.25) is 0 Å². The maximum Gasteiger partial charge on any atom is 0.0226 e. The summed E-state index contributed by atoms with van der Waals surface area (Å²) in [5.41, 5.74) is 0. The van der Waals surface area contributed by atoms with E-state index >= 15 is 0 Å². The molecule has 5 heteroatoms. The molecule has 0 heterocycles. The topological polar surface area (TPSA) is 0 Å². The number of hydrogen-bond acceptors (Lipinski definition) is 5. The van der Waals surface area contributed by atoms with Gasteiger partial charge >= 0.3 is 0 Å². The van der Waals surface area contributed by atoms with Crippen molar-refractivity contribution in [2.75, 3.05) is 34.5 Å². The van der Waals surface area contributed by atoms with Gasteiger partial charge in [-0.2, -0.15) is 61.4 Å². The fourth-order valence-corrected chi connectivity index (χ4v) is 4.29. The Morgan fingerprint density at radius 1 is 0.929 bits per heavy atom. The van der Waals surface area contributed by atoms with Gasteiger partial charge in [0.15, 0.2) is 0 Å². The SMILES string of the molecule is SCCCCSC(CS)CSCCS. The van der Waals surface area contributed by atoms with Gasteiger partial charge in [-0.1, -0.05) is 0 Å². The van der Waals surface area contributed by atoms with Gasteiger partial charge in [0.2, 0.25) is 0 Å². The lowest BCUT2D eigenvalue weighted by Gasteiger charge is -2.12. The molecule has 0 spiro atoms. The first-order valence-corrected chi connectivity index (χ1v) is 8.97. The van der Waals surface area contributed by atoms with Crippen LogP contribution in [-0.4, -0.2) is 39.8 Å². The van der Waals surface area contributed by atoms with Crippen LogP contribution < -0.4 is 0 Å². The van der Waals surface area contributed by atoms with Crippen LogP contribution in [0, 0.1) is 0 Å². The number of rotatable bonds is 10. The number of hydrogen-bond donors (Lipinski definition) is 3. The Morgan fingerprint density at radius 2 is 1.71 bits per heavy atom. The summed E-state index contributed by atoms with van der Waals surface area (Å²) >= 11 is 16.8.